The lowest BCUT2D eigenvalue weighted by Gasteiger charge is -2.22. The highest BCUT2D eigenvalue weighted by molar-refractivity contribution is 5.90. The summed E-state index contributed by atoms with van der Waals surface area (Å²) in [5.41, 5.74) is 1.92. The second-order valence-corrected chi connectivity index (χ2v) is 6.37. The molecule has 0 spiro atoms. The topological polar surface area (TPSA) is 78.8 Å². The van der Waals surface area contributed by atoms with E-state index in [2.05, 4.69) is 25.3 Å². The van der Waals surface area contributed by atoms with Gasteiger partial charge in [0.25, 0.3) is 0 Å². The Bertz CT molecular complexity index is 811. The van der Waals surface area contributed by atoms with Crippen LogP contribution >= 0.6 is 0 Å². The molecule has 1 aromatic heterocycles. The molecule has 0 atom stereocenters. The third kappa shape index (κ3) is 7.73. The van der Waals surface area contributed by atoms with Crippen molar-refractivity contribution >= 4 is 17.7 Å². The van der Waals surface area contributed by atoms with Crippen LogP contribution in [0.2, 0.25) is 0 Å². The summed E-state index contributed by atoms with van der Waals surface area (Å²) in [5.74, 6) is 1.09. The Labute approximate surface area is 168 Å². The van der Waals surface area contributed by atoms with Gasteiger partial charge in [0.15, 0.2) is 5.96 Å². The van der Waals surface area contributed by atoms with Crippen molar-refractivity contribution < 1.29 is 18.3 Å². The highest BCUT2D eigenvalue weighted by Gasteiger charge is 2.09. The minimum Gasteiger partial charge on any atom is -0.435 e. The Kier molecular flexibility index (Phi) is 8.32. The maximum atomic E-state index is 12.2. The van der Waals surface area contributed by atoms with E-state index >= 15 is 0 Å². The summed E-state index contributed by atoms with van der Waals surface area (Å²) in [6.45, 7) is -0.00858. The van der Waals surface area contributed by atoms with Gasteiger partial charge in [-0.2, -0.15) is 8.78 Å². The maximum absolute atomic E-state index is 12.2. The molecule has 2 N–H and O–H groups in total. The SMILES string of the molecule is CN=C(NCCC(=O)Nc1ccc(C)cn1)N(C)Cc1ccc(OC(F)F)cc1. The zero-order chi connectivity index (χ0) is 21.2. The first kappa shape index (κ1) is 22.1. The Morgan fingerprint density at radius 2 is 1.97 bits per heavy atom. The second-order valence-electron chi connectivity index (χ2n) is 6.37. The summed E-state index contributed by atoms with van der Waals surface area (Å²) < 4.78 is 28.8. The first-order chi connectivity index (χ1) is 13.9. The van der Waals surface area contributed by atoms with Gasteiger partial charge in [-0.05, 0) is 36.2 Å². The van der Waals surface area contributed by atoms with E-state index in [9.17, 15) is 13.6 Å². The molecule has 7 nitrogen and oxygen atoms in total. The molecule has 0 aliphatic heterocycles. The molecule has 0 bridgehead atoms. The van der Waals surface area contributed by atoms with Crippen molar-refractivity contribution in [3.05, 3.63) is 53.7 Å². The molecule has 0 saturated heterocycles. The van der Waals surface area contributed by atoms with Crippen molar-refractivity contribution in [1.82, 2.24) is 15.2 Å². The number of anilines is 1. The van der Waals surface area contributed by atoms with Gasteiger partial charge in [-0.1, -0.05) is 18.2 Å². The number of nitrogens with zero attached hydrogens (tertiary/aromatic N) is 3. The summed E-state index contributed by atoms with van der Waals surface area (Å²) in [4.78, 5) is 22.2. The summed E-state index contributed by atoms with van der Waals surface area (Å²) in [6.07, 6.45) is 1.94. The lowest BCUT2D eigenvalue weighted by atomic mass is 10.2. The zero-order valence-corrected chi connectivity index (χ0v) is 16.7. The lowest BCUT2D eigenvalue weighted by molar-refractivity contribution is -0.116. The molecule has 0 saturated carbocycles. The highest BCUT2D eigenvalue weighted by atomic mass is 19.3. The van der Waals surface area contributed by atoms with Crippen LogP contribution in [0, 0.1) is 6.92 Å². The fourth-order valence-electron chi connectivity index (χ4n) is 2.54. The number of nitrogens with one attached hydrogen (secondary N) is 2. The van der Waals surface area contributed by atoms with E-state index in [1.807, 2.05) is 24.9 Å². The Hall–Kier alpha value is -3.23. The van der Waals surface area contributed by atoms with Gasteiger partial charge in [0, 0.05) is 39.8 Å². The second kappa shape index (κ2) is 10.9. The Morgan fingerprint density at radius 1 is 1.24 bits per heavy atom. The van der Waals surface area contributed by atoms with Crippen molar-refractivity contribution in [2.75, 3.05) is 26.0 Å². The summed E-state index contributed by atoms with van der Waals surface area (Å²) in [7, 11) is 3.49. The number of guanidine groups is 1. The number of aromatic nitrogens is 1. The number of carbonyl (C=O) groups excluding carboxylic acids is 1. The van der Waals surface area contributed by atoms with Gasteiger partial charge < -0.3 is 20.3 Å². The molecular weight excluding hydrogens is 380 g/mol. The number of halogens is 2. The molecule has 156 valence electrons. The lowest BCUT2D eigenvalue weighted by Crippen LogP contribution is -2.39. The van der Waals surface area contributed by atoms with Crippen molar-refractivity contribution in [3.63, 3.8) is 0 Å². The van der Waals surface area contributed by atoms with Crippen LogP contribution < -0.4 is 15.4 Å². The van der Waals surface area contributed by atoms with E-state index in [4.69, 9.17) is 0 Å². The van der Waals surface area contributed by atoms with Crippen LogP contribution in [-0.2, 0) is 11.3 Å². The standard InChI is InChI=1S/C20H25F2N5O2/c1-14-4-9-17(25-12-14)26-18(28)10-11-24-20(23-2)27(3)13-15-5-7-16(8-6-15)29-19(21)22/h4-9,12,19H,10-11,13H2,1-3H3,(H,23,24)(H,25,26,28). The largest absolute Gasteiger partial charge is 0.435 e. The normalized spacial score (nSPS) is 11.3. The molecule has 9 heteroatoms. The number of hydrogen-bond acceptors (Lipinski definition) is 4. The van der Waals surface area contributed by atoms with Crippen LogP contribution in [0.15, 0.2) is 47.6 Å². The first-order valence-corrected chi connectivity index (χ1v) is 9.05. The smallest absolute Gasteiger partial charge is 0.387 e. The van der Waals surface area contributed by atoms with Gasteiger partial charge in [0.2, 0.25) is 5.91 Å². The van der Waals surface area contributed by atoms with Gasteiger partial charge in [-0.3, -0.25) is 9.79 Å². The molecule has 1 aromatic carbocycles. The average Bonchev–Trinajstić information content (AvgIpc) is 2.68. The molecule has 0 fully saturated rings. The Morgan fingerprint density at radius 3 is 2.55 bits per heavy atom. The minimum absolute atomic E-state index is 0.114. The van der Waals surface area contributed by atoms with Gasteiger partial charge in [-0.25, -0.2) is 4.98 Å². The predicted molar refractivity (Wildman–Crippen MR) is 108 cm³/mol. The molecule has 2 rings (SSSR count). The first-order valence-electron chi connectivity index (χ1n) is 9.05. The predicted octanol–water partition coefficient (Wildman–Crippen LogP) is 3.03. The number of carbonyl (C=O) groups is 1. The monoisotopic (exact) mass is 405 g/mol. The van der Waals surface area contributed by atoms with Crippen LogP contribution in [-0.4, -0.2) is 49.0 Å². The number of pyridine rings is 1. The summed E-state index contributed by atoms with van der Waals surface area (Å²) in [6, 6.07) is 10.0. The van der Waals surface area contributed by atoms with Gasteiger partial charge in [-0.15, -0.1) is 0 Å². The van der Waals surface area contributed by atoms with E-state index < -0.39 is 6.61 Å². The van der Waals surface area contributed by atoms with Crippen LogP contribution in [0.3, 0.4) is 0 Å². The Balaban J connectivity index is 1.78. The molecule has 1 heterocycles. The third-order valence-electron chi connectivity index (χ3n) is 3.96. The fourth-order valence-corrected chi connectivity index (χ4v) is 2.54. The van der Waals surface area contributed by atoms with Crippen LogP contribution in [0.1, 0.15) is 17.5 Å². The van der Waals surface area contributed by atoms with Gasteiger partial charge in [0.1, 0.15) is 11.6 Å². The zero-order valence-electron chi connectivity index (χ0n) is 16.7. The van der Waals surface area contributed by atoms with Crippen molar-refractivity contribution in [3.8, 4) is 5.75 Å². The number of benzene rings is 1. The van der Waals surface area contributed by atoms with Crippen LogP contribution in [0.4, 0.5) is 14.6 Å². The molecule has 0 aliphatic rings. The number of aliphatic imine (C=N–C) groups is 1. The number of rotatable bonds is 8. The third-order valence-corrected chi connectivity index (χ3v) is 3.96. The van der Waals surface area contributed by atoms with E-state index in [-0.39, 0.29) is 18.1 Å². The molecule has 1 amide bonds. The minimum atomic E-state index is -2.84. The average molecular weight is 405 g/mol. The summed E-state index contributed by atoms with van der Waals surface area (Å²) >= 11 is 0. The molecular formula is C20H25F2N5O2. The quantitative estimate of drug-likeness (QED) is 0.521. The maximum Gasteiger partial charge on any atom is 0.387 e. The van der Waals surface area contributed by atoms with Crippen molar-refractivity contribution in [1.29, 1.82) is 0 Å². The number of aryl methyl sites for hydroxylation is 1. The molecule has 0 unspecified atom stereocenters. The number of amides is 1. The van der Waals surface area contributed by atoms with Gasteiger partial charge in [0.05, 0.1) is 0 Å². The molecule has 0 radical (unpaired) electrons. The molecule has 2 aromatic rings. The highest BCUT2D eigenvalue weighted by Crippen LogP contribution is 2.15. The van der Waals surface area contributed by atoms with Crippen molar-refractivity contribution in [2.45, 2.75) is 26.5 Å². The van der Waals surface area contributed by atoms with E-state index in [1.165, 1.54) is 12.1 Å². The van der Waals surface area contributed by atoms with Crippen LogP contribution in [0.25, 0.3) is 0 Å². The number of ether oxygens (including phenoxy) is 1. The number of hydrogen-bond donors (Lipinski definition) is 2. The fraction of sp³-hybridized carbons (Fsp3) is 0.350. The van der Waals surface area contributed by atoms with E-state index in [1.54, 1.807) is 31.4 Å². The summed E-state index contributed by atoms with van der Waals surface area (Å²) in [5, 5.41) is 5.86. The van der Waals surface area contributed by atoms with E-state index in [0.717, 1.165) is 11.1 Å². The van der Waals surface area contributed by atoms with Gasteiger partial charge >= 0.3 is 6.61 Å². The van der Waals surface area contributed by atoms with E-state index in [0.29, 0.717) is 24.9 Å². The molecule has 29 heavy (non-hydrogen) atoms. The van der Waals surface area contributed by atoms with Crippen LogP contribution in [0.5, 0.6) is 5.75 Å². The number of alkyl halides is 2. The van der Waals surface area contributed by atoms with Crippen molar-refractivity contribution in [2.24, 2.45) is 4.99 Å². The molecule has 0 aliphatic carbocycles.